The minimum atomic E-state index is -1.23. The SMILES string of the molecule is C/C=C/C(=O)NCCC1(C[C@H](NC(=O)OCC2c3ccccc3-c3ccccc32)C(=O)O)N=N1. The molecule has 1 aliphatic carbocycles. The van der Waals surface area contributed by atoms with Crippen LogP contribution in [0.2, 0.25) is 0 Å². The third kappa shape index (κ3) is 5.14. The van der Waals surface area contributed by atoms with Crippen molar-refractivity contribution in [1.29, 1.82) is 0 Å². The lowest BCUT2D eigenvalue weighted by atomic mass is 9.98. The standard InChI is InChI=1S/C25H26N4O5/c1-2-7-22(30)26-13-12-25(28-29-25)14-21(23(31)32)27-24(33)34-15-20-18-10-5-3-8-16(18)17-9-4-6-11-19(17)20/h2-11,20-21H,12-15H2,1H3,(H,26,30)(H,27,33)(H,31,32)/b7-2+/t21-/m0/s1. The number of fused-ring (bicyclic) bond motifs is 3. The Hall–Kier alpha value is -4.01. The van der Waals surface area contributed by atoms with Gasteiger partial charge in [-0.3, -0.25) is 4.79 Å². The van der Waals surface area contributed by atoms with Crippen molar-refractivity contribution in [2.24, 2.45) is 10.2 Å². The summed E-state index contributed by atoms with van der Waals surface area (Å²) < 4.78 is 5.46. The first-order valence-corrected chi connectivity index (χ1v) is 11.1. The van der Waals surface area contributed by atoms with E-state index in [1.807, 2.05) is 48.5 Å². The fourth-order valence-electron chi connectivity index (χ4n) is 4.26. The summed E-state index contributed by atoms with van der Waals surface area (Å²) in [5, 5.41) is 22.6. The molecule has 1 atom stereocenters. The fraction of sp³-hybridized carbons (Fsp3) is 0.320. The van der Waals surface area contributed by atoms with Crippen LogP contribution in [0.5, 0.6) is 0 Å². The lowest BCUT2D eigenvalue weighted by Crippen LogP contribution is -2.44. The predicted octanol–water partition coefficient (Wildman–Crippen LogP) is 3.61. The summed E-state index contributed by atoms with van der Waals surface area (Å²) in [7, 11) is 0. The van der Waals surface area contributed by atoms with E-state index in [-0.39, 0.29) is 31.4 Å². The Morgan fingerprint density at radius 3 is 2.26 bits per heavy atom. The van der Waals surface area contributed by atoms with Crippen LogP contribution in [-0.2, 0) is 14.3 Å². The van der Waals surface area contributed by atoms with Gasteiger partial charge in [-0.05, 0) is 35.3 Å². The molecule has 0 radical (unpaired) electrons. The van der Waals surface area contributed by atoms with E-state index in [2.05, 4.69) is 20.9 Å². The van der Waals surface area contributed by atoms with Crippen LogP contribution >= 0.6 is 0 Å². The summed E-state index contributed by atoms with van der Waals surface area (Å²) in [5.74, 6) is -1.57. The molecule has 1 aliphatic heterocycles. The van der Waals surface area contributed by atoms with Gasteiger partial charge < -0.3 is 20.5 Å². The number of nitrogens with zero attached hydrogens (tertiary/aromatic N) is 2. The monoisotopic (exact) mass is 462 g/mol. The number of hydrogen-bond acceptors (Lipinski definition) is 6. The summed E-state index contributed by atoms with van der Waals surface area (Å²) >= 11 is 0. The number of amides is 2. The summed E-state index contributed by atoms with van der Waals surface area (Å²) in [6.07, 6.45) is 2.52. The molecular weight excluding hydrogens is 436 g/mol. The van der Waals surface area contributed by atoms with Crippen molar-refractivity contribution in [3.8, 4) is 11.1 Å². The zero-order valence-corrected chi connectivity index (χ0v) is 18.7. The van der Waals surface area contributed by atoms with Gasteiger partial charge in [0, 0.05) is 25.3 Å². The van der Waals surface area contributed by atoms with Gasteiger partial charge in [0.2, 0.25) is 5.91 Å². The molecule has 34 heavy (non-hydrogen) atoms. The average Bonchev–Trinajstić information content (AvgIpc) is 3.51. The van der Waals surface area contributed by atoms with Crippen LogP contribution < -0.4 is 10.6 Å². The van der Waals surface area contributed by atoms with Gasteiger partial charge in [0.1, 0.15) is 12.6 Å². The predicted molar refractivity (Wildman–Crippen MR) is 124 cm³/mol. The Balaban J connectivity index is 1.33. The maximum absolute atomic E-state index is 12.5. The number of allylic oxidation sites excluding steroid dienone is 1. The van der Waals surface area contributed by atoms with Gasteiger partial charge in [-0.1, -0.05) is 54.6 Å². The topological polar surface area (TPSA) is 129 Å². The van der Waals surface area contributed by atoms with Gasteiger partial charge in [0.25, 0.3) is 0 Å². The minimum Gasteiger partial charge on any atom is -0.480 e. The molecule has 2 aromatic carbocycles. The second-order valence-corrected chi connectivity index (χ2v) is 8.29. The number of carboxylic acids is 1. The Labute approximate surface area is 196 Å². The second-order valence-electron chi connectivity index (χ2n) is 8.29. The third-order valence-electron chi connectivity index (χ3n) is 5.99. The quantitative estimate of drug-likeness (QED) is 0.465. The van der Waals surface area contributed by atoms with Gasteiger partial charge in [-0.15, -0.1) is 0 Å². The van der Waals surface area contributed by atoms with E-state index in [1.54, 1.807) is 13.0 Å². The first-order chi connectivity index (χ1) is 16.4. The van der Waals surface area contributed by atoms with Crippen LogP contribution in [-0.4, -0.2) is 47.9 Å². The van der Waals surface area contributed by atoms with Crippen LogP contribution in [0.3, 0.4) is 0 Å². The number of benzene rings is 2. The molecule has 2 aromatic rings. The molecule has 9 heteroatoms. The van der Waals surface area contributed by atoms with Gasteiger partial charge in [-0.2, -0.15) is 10.2 Å². The molecule has 0 aromatic heterocycles. The number of nitrogens with one attached hydrogen (secondary N) is 2. The fourth-order valence-corrected chi connectivity index (χ4v) is 4.26. The number of carbonyl (C=O) groups is 3. The smallest absolute Gasteiger partial charge is 0.407 e. The van der Waals surface area contributed by atoms with Crippen molar-refractivity contribution in [1.82, 2.24) is 10.6 Å². The number of alkyl carbamates (subject to hydrolysis) is 1. The van der Waals surface area contributed by atoms with Gasteiger partial charge >= 0.3 is 12.1 Å². The van der Waals surface area contributed by atoms with Crippen LogP contribution in [0.15, 0.2) is 70.9 Å². The zero-order chi connectivity index (χ0) is 24.1. The maximum Gasteiger partial charge on any atom is 0.407 e. The van der Waals surface area contributed by atoms with Crippen molar-refractivity contribution in [2.75, 3.05) is 13.2 Å². The third-order valence-corrected chi connectivity index (χ3v) is 5.99. The largest absolute Gasteiger partial charge is 0.480 e. The average molecular weight is 463 g/mol. The van der Waals surface area contributed by atoms with Crippen LogP contribution in [0.1, 0.15) is 36.8 Å². The minimum absolute atomic E-state index is 0.0218. The van der Waals surface area contributed by atoms with E-state index in [9.17, 15) is 19.5 Å². The molecule has 176 valence electrons. The number of ether oxygens (including phenoxy) is 1. The molecule has 1 heterocycles. The summed E-state index contributed by atoms with van der Waals surface area (Å²) in [5.41, 5.74) is 3.43. The van der Waals surface area contributed by atoms with E-state index in [4.69, 9.17) is 4.74 Å². The number of carboxylic acid groups (broad SMARTS) is 1. The van der Waals surface area contributed by atoms with Crippen LogP contribution in [0.25, 0.3) is 11.1 Å². The molecule has 2 aliphatic rings. The van der Waals surface area contributed by atoms with Crippen molar-refractivity contribution in [3.63, 3.8) is 0 Å². The van der Waals surface area contributed by atoms with Crippen LogP contribution in [0, 0.1) is 0 Å². The Kier molecular flexibility index (Phi) is 6.72. The molecule has 0 unspecified atom stereocenters. The highest BCUT2D eigenvalue weighted by Crippen LogP contribution is 2.44. The summed E-state index contributed by atoms with van der Waals surface area (Å²) in [4.78, 5) is 35.8. The first-order valence-electron chi connectivity index (χ1n) is 11.1. The van der Waals surface area contributed by atoms with Crippen LogP contribution in [0.4, 0.5) is 4.79 Å². The number of aliphatic carboxylic acids is 1. The van der Waals surface area contributed by atoms with Gasteiger partial charge in [0.05, 0.1) is 0 Å². The molecule has 0 spiro atoms. The van der Waals surface area contributed by atoms with E-state index < -0.39 is 23.8 Å². The normalized spacial score (nSPS) is 15.9. The zero-order valence-electron chi connectivity index (χ0n) is 18.7. The van der Waals surface area contributed by atoms with E-state index in [0.29, 0.717) is 6.42 Å². The van der Waals surface area contributed by atoms with Gasteiger partial charge in [-0.25, -0.2) is 9.59 Å². The number of carbonyl (C=O) groups excluding carboxylic acids is 2. The molecule has 2 amide bonds. The van der Waals surface area contributed by atoms with E-state index in [1.165, 1.54) is 6.08 Å². The highest BCUT2D eigenvalue weighted by Gasteiger charge is 2.44. The lowest BCUT2D eigenvalue weighted by molar-refractivity contribution is -0.139. The maximum atomic E-state index is 12.5. The van der Waals surface area contributed by atoms with Crippen molar-refractivity contribution in [3.05, 3.63) is 71.8 Å². The molecule has 0 fully saturated rings. The molecule has 0 saturated carbocycles. The molecular formula is C25H26N4O5. The first kappa shape index (κ1) is 23.2. The Bertz CT molecular complexity index is 1110. The number of hydrogen-bond donors (Lipinski definition) is 3. The Morgan fingerprint density at radius 1 is 1.09 bits per heavy atom. The highest BCUT2D eigenvalue weighted by molar-refractivity contribution is 5.87. The number of rotatable bonds is 10. The summed E-state index contributed by atoms with van der Waals surface area (Å²) in [6.45, 7) is 2.11. The second kappa shape index (κ2) is 9.86. The van der Waals surface area contributed by atoms with Crippen molar-refractivity contribution < 1.29 is 24.2 Å². The molecule has 9 nitrogen and oxygen atoms in total. The van der Waals surface area contributed by atoms with E-state index >= 15 is 0 Å². The highest BCUT2D eigenvalue weighted by atomic mass is 16.5. The van der Waals surface area contributed by atoms with E-state index in [0.717, 1.165) is 22.3 Å². The van der Waals surface area contributed by atoms with Gasteiger partial charge in [0.15, 0.2) is 5.66 Å². The lowest BCUT2D eigenvalue weighted by Gasteiger charge is -2.19. The van der Waals surface area contributed by atoms with Crippen molar-refractivity contribution >= 4 is 18.0 Å². The molecule has 0 bridgehead atoms. The van der Waals surface area contributed by atoms with Crippen molar-refractivity contribution in [2.45, 2.75) is 37.4 Å². The molecule has 4 rings (SSSR count). The summed E-state index contributed by atoms with van der Waals surface area (Å²) in [6, 6.07) is 14.7. The molecule has 3 N–H and O–H groups in total. The Morgan fingerprint density at radius 2 is 1.71 bits per heavy atom. The molecule has 0 saturated heterocycles.